The van der Waals surface area contributed by atoms with Gasteiger partial charge in [-0.3, -0.25) is 0 Å². The van der Waals surface area contributed by atoms with Gasteiger partial charge in [0, 0.05) is 0 Å². The van der Waals surface area contributed by atoms with Crippen LogP contribution in [0.5, 0.6) is 0 Å². The summed E-state index contributed by atoms with van der Waals surface area (Å²) in [6, 6.07) is 110. The molecule has 0 saturated heterocycles. The van der Waals surface area contributed by atoms with Gasteiger partial charge in [0.1, 0.15) is 0 Å². The number of aryl methyl sites for hydroxylation is 6. The molecule has 0 aliphatic rings. The van der Waals surface area contributed by atoms with Crippen molar-refractivity contribution >= 4 is 51.0 Å². The molecule has 8 heteroatoms. The fourth-order valence-electron chi connectivity index (χ4n) is 11.3. The quantitative estimate of drug-likeness (QED) is 0.0673. The molecule has 12 aromatic carbocycles. The minimum atomic E-state index is -6.87. The standard InChI is InChI=1S/3C27H26OS.O.Sb/c3*1-21-8-14-25(15-9-21)29(28,26-16-10-22(2)11-17-26)27-18-12-24(13-19-27)20-23-6-4-3-5-7-23;;/h3*3-19,28H,20H2,1-2H3;;/q;;;;+3/p-3. The Labute approximate surface area is 537 Å². The second-order valence-electron chi connectivity index (χ2n) is 23.1. The Bertz CT molecular complexity index is 3730. The molecular formula is C81H75O4S3Sb. The molecule has 0 N–H and O–H groups in total. The van der Waals surface area contributed by atoms with Crippen LogP contribution in [0.4, 0.5) is 0 Å². The third kappa shape index (κ3) is 13.6. The molecule has 446 valence electrons. The zero-order valence-electron chi connectivity index (χ0n) is 51.4. The van der Waals surface area contributed by atoms with Gasteiger partial charge in [-0.2, -0.15) is 0 Å². The summed E-state index contributed by atoms with van der Waals surface area (Å²) in [6.45, 7) is 12.6. The van der Waals surface area contributed by atoms with Crippen molar-refractivity contribution in [3.05, 3.63) is 376 Å². The molecule has 12 aromatic rings. The molecule has 0 spiro atoms. The molecule has 0 saturated carbocycles. The summed E-state index contributed by atoms with van der Waals surface area (Å²) in [5.41, 5.74) is 13.6. The molecular weight excluding hydrogens is 1250 g/mol. The van der Waals surface area contributed by atoms with Crippen molar-refractivity contribution in [2.24, 2.45) is 0 Å². The van der Waals surface area contributed by atoms with Gasteiger partial charge in [-0.25, -0.2) is 0 Å². The first-order valence-electron chi connectivity index (χ1n) is 30.3. The topological polar surface area (TPSA) is 44.8 Å². The van der Waals surface area contributed by atoms with E-state index < -0.39 is 51.0 Å². The molecule has 0 fully saturated rings. The van der Waals surface area contributed by atoms with Gasteiger partial charge in [-0.1, -0.05) is 0 Å². The maximum atomic E-state index is 19.2. The third-order valence-corrected chi connectivity index (χ3v) is 36.3. The zero-order valence-corrected chi connectivity index (χ0v) is 56.4. The van der Waals surface area contributed by atoms with Crippen LogP contribution in [-0.2, 0) is 29.7 Å². The van der Waals surface area contributed by atoms with E-state index in [0.717, 1.165) is 113 Å². The van der Waals surface area contributed by atoms with Crippen molar-refractivity contribution in [2.75, 3.05) is 0 Å². The molecule has 0 heterocycles. The number of hydrogen-bond acceptors (Lipinski definition) is 4. The van der Waals surface area contributed by atoms with E-state index in [2.05, 4.69) is 351 Å². The van der Waals surface area contributed by atoms with Crippen molar-refractivity contribution in [1.29, 1.82) is 0 Å². The van der Waals surface area contributed by atoms with Crippen LogP contribution in [0, 0.1) is 41.5 Å². The predicted octanol–water partition coefficient (Wildman–Crippen LogP) is 22.2. The Balaban J connectivity index is 1.18. The molecule has 0 aliphatic carbocycles. The Morgan fingerprint density at radius 2 is 0.360 bits per heavy atom. The van der Waals surface area contributed by atoms with E-state index in [0.29, 0.717) is 0 Å². The van der Waals surface area contributed by atoms with E-state index in [1.165, 1.54) is 16.7 Å². The minimum absolute atomic E-state index is 0.738. The van der Waals surface area contributed by atoms with E-state index in [4.69, 9.17) is 7.38 Å². The van der Waals surface area contributed by atoms with Crippen LogP contribution in [-0.4, -0.2) is 20.1 Å². The summed E-state index contributed by atoms with van der Waals surface area (Å²) in [7, 11) is -9.32. The summed E-state index contributed by atoms with van der Waals surface area (Å²) in [6.07, 6.45) is 2.21. The average molecular weight is 1330 g/mol. The SMILES string of the molecule is Cc1ccc(S([O][Sb](=[O])([O]S(c2ccc(C)cc2)(c2ccc(C)cc2)c2ccc(Cc3ccccc3)cc2)[O]S(c2ccc(C)cc2)(c2ccc(C)cc2)c2ccc(Cc3ccccc3)cc2)(c2ccc(C)cc2)c2ccc(Cc3ccccc3)cc2)cc1. The molecule has 0 aliphatic heterocycles. The Morgan fingerprint density at radius 1 is 0.213 bits per heavy atom. The van der Waals surface area contributed by atoms with E-state index in [1.807, 2.05) is 0 Å². The number of rotatable bonds is 21. The van der Waals surface area contributed by atoms with Crippen LogP contribution in [0.2, 0.25) is 0 Å². The van der Waals surface area contributed by atoms with Crippen LogP contribution >= 0.6 is 30.9 Å². The third-order valence-electron chi connectivity index (χ3n) is 16.2. The van der Waals surface area contributed by atoms with Crippen molar-refractivity contribution < 1.29 is 10.4 Å². The van der Waals surface area contributed by atoms with E-state index in [9.17, 15) is 0 Å². The van der Waals surface area contributed by atoms with Crippen LogP contribution in [0.25, 0.3) is 0 Å². The second kappa shape index (κ2) is 27.1. The molecule has 0 bridgehead atoms. The summed E-state index contributed by atoms with van der Waals surface area (Å²) in [4.78, 5) is 7.73. The Hall–Kier alpha value is -7.81. The number of benzene rings is 12. The molecule has 0 atom stereocenters. The fraction of sp³-hybridized carbons (Fsp3) is 0.111. The number of hydrogen-bond donors (Lipinski definition) is 0. The van der Waals surface area contributed by atoms with E-state index in [1.54, 1.807) is 0 Å². The molecule has 12 rings (SSSR count). The van der Waals surface area contributed by atoms with Gasteiger partial charge < -0.3 is 0 Å². The van der Waals surface area contributed by atoms with E-state index in [-0.39, 0.29) is 0 Å². The maximum absolute atomic E-state index is 19.2. The Kier molecular flexibility index (Phi) is 18.7. The van der Waals surface area contributed by atoms with Gasteiger partial charge in [0.25, 0.3) is 0 Å². The first-order valence-corrected chi connectivity index (χ1v) is 39.2. The van der Waals surface area contributed by atoms with Gasteiger partial charge >= 0.3 is 542 Å². The van der Waals surface area contributed by atoms with Crippen molar-refractivity contribution in [2.45, 2.75) is 105 Å². The normalized spacial score (nSPS) is 12.6. The molecule has 0 aromatic heterocycles. The van der Waals surface area contributed by atoms with Crippen molar-refractivity contribution in [1.82, 2.24) is 0 Å². The average Bonchev–Trinajstić information content (AvgIpc) is 0.953. The fourth-order valence-corrected chi connectivity index (χ4v) is 35.9. The van der Waals surface area contributed by atoms with Crippen LogP contribution in [0.15, 0.2) is 353 Å². The monoisotopic (exact) mass is 1330 g/mol. The zero-order chi connectivity index (χ0) is 61.4. The molecule has 0 unspecified atom stereocenters. The summed E-state index contributed by atoms with van der Waals surface area (Å²) < 4.78 is 44.7. The summed E-state index contributed by atoms with van der Waals surface area (Å²) >= 11 is -6.87. The molecule has 4 nitrogen and oxygen atoms in total. The predicted molar refractivity (Wildman–Crippen MR) is 371 cm³/mol. The van der Waals surface area contributed by atoms with Crippen LogP contribution < -0.4 is 0 Å². The first kappa shape index (κ1) is 61.4. The van der Waals surface area contributed by atoms with E-state index >= 15 is 3.02 Å². The van der Waals surface area contributed by atoms with Gasteiger partial charge in [-0.15, -0.1) is 0 Å². The molecule has 89 heavy (non-hydrogen) atoms. The summed E-state index contributed by atoms with van der Waals surface area (Å²) in [5.74, 6) is 0. The summed E-state index contributed by atoms with van der Waals surface area (Å²) in [5, 5.41) is 0. The van der Waals surface area contributed by atoms with Crippen LogP contribution in [0.1, 0.15) is 66.8 Å². The van der Waals surface area contributed by atoms with Gasteiger partial charge in [0.15, 0.2) is 0 Å². The Morgan fingerprint density at radius 3 is 0.528 bits per heavy atom. The second-order valence-corrected chi connectivity index (χ2v) is 37.5. The van der Waals surface area contributed by atoms with Gasteiger partial charge in [0.05, 0.1) is 0 Å². The van der Waals surface area contributed by atoms with Crippen LogP contribution in [0.3, 0.4) is 0 Å². The van der Waals surface area contributed by atoms with Gasteiger partial charge in [0.2, 0.25) is 0 Å². The first-order chi connectivity index (χ1) is 43.3. The van der Waals surface area contributed by atoms with Gasteiger partial charge in [-0.05, 0) is 0 Å². The van der Waals surface area contributed by atoms with Crippen molar-refractivity contribution in [3.63, 3.8) is 0 Å². The van der Waals surface area contributed by atoms with Crippen molar-refractivity contribution in [3.8, 4) is 0 Å². The molecule has 0 radical (unpaired) electrons. The molecule has 0 amide bonds.